The smallest absolute Gasteiger partial charge is 0.282 e. The fourth-order valence-electron chi connectivity index (χ4n) is 3.23. The Hall–Kier alpha value is -2.38. The second-order valence-electron chi connectivity index (χ2n) is 6.75. The molecule has 0 saturated heterocycles. The monoisotopic (exact) mass is 342 g/mol. The molecule has 1 aliphatic heterocycles. The van der Waals surface area contributed by atoms with Gasteiger partial charge in [0, 0.05) is 24.0 Å². The van der Waals surface area contributed by atoms with E-state index in [1.165, 1.54) is 5.56 Å². The second kappa shape index (κ2) is 7.25. The van der Waals surface area contributed by atoms with Crippen molar-refractivity contribution in [3.63, 3.8) is 0 Å². The molecule has 25 heavy (non-hydrogen) atoms. The minimum absolute atomic E-state index is 0.00961. The van der Waals surface area contributed by atoms with Crippen LogP contribution in [0.2, 0.25) is 0 Å². The van der Waals surface area contributed by atoms with Gasteiger partial charge < -0.3 is 22.1 Å². The Bertz CT molecular complexity index is 683. The number of allylic oxidation sites excluding steroid dienone is 1. The minimum Gasteiger partial charge on any atom is -0.365 e. The van der Waals surface area contributed by atoms with Crippen LogP contribution < -0.4 is 27.4 Å². The maximum atomic E-state index is 12.2. The molecular weight excluding hydrogens is 316 g/mol. The summed E-state index contributed by atoms with van der Waals surface area (Å²) in [6, 6.07) is 7.95. The first-order valence-corrected chi connectivity index (χ1v) is 8.69. The molecule has 1 amide bonds. The summed E-state index contributed by atoms with van der Waals surface area (Å²) in [5.41, 5.74) is 14.0. The average Bonchev–Trinajstić information content (AvgIpc) is 2.59. The van der Waals surface area contributed by atoms with Crippen LogP contribution in [0, 0.1) is 6.92 Å². The first-order chi connectivity index (χ1) is 12.0. The van der Waals surface area contributed by atoms with Crippen molar-refractivity contribution in [2.24, 2.45) is 16.5 Å². The predicted octanol–water partition coefficient (Wildman–Crippen LogP) is 0.921. The molecule has 1 heterocycles. The fraction of sp³-hybridized carbons (Fsp3) is 0.444. The summed E-state index contributed by atoms with van der Waals surface area (Å²) >= 11 is 0. The molecule has 1 fully saturated rings. The summed E-state index contributed by atoms with van der Waals surface area (Å²) in [7, 11) is 0. The van der Waals surface area contributed by atoms with E-state index in [4.69, 9.17) is 11.5 Å². The van der Waals surface area contributed by atoms with Crippen LogP contribution >= 0.6 is 0 Å². The lowest BCUT2D eigenvalue weighted by Gasteiger charge is -2.39. The number of primary amides is 1. The first-order valence-electron chi connectivity index (χ1n) is 8.69. The molecule has 3 rings (SSSR count). The minimum atomic E-state index is -1.39. The SMILES string of the molecule is Cc1ccc(NC2=CC=NC(N[C@@H]3CCCC[C@@H]3N)(C(N)=O)N2)cc1. The van der Waals surface area contributed by atoms with Gasteiger partial charge in [0.25, 0.3) is 11.7 Å². The number of hydrogen-bond acceptors (Lipinski definition) is 6. The lowest BCUT2D eigenvalue weighted by molar-refractivity contribution is -0.125. The lowest BCUT2D eigenvalue weighted by Crippen LogP contribution is -2.69. The van der Waals surface area contributed by atoms with Crippen molar-refractivity contribution >= 4 is 17.8 Å². The number of aryl methyl sites for hydroxylation is 1. The van der Waals surface area contributed by atoms with E-state index in [2.05, 4.69) is 20.9 Å². The quantitative estimate of drug-likeness (QED) is 0.545. The molecule has 3 atom stereocenters. The van der Waals surface area contributed by atoms with Crippen molar-refractivity contribution in [3.8, 4) is 0 Å². The van der Waals surface area contributed by atoms with Crippen molar-refractivity contribution in [2.75, 3.05) is 5.32 Å². The summed E-state index contributed by atoms with van der Waals surface area (Å²) < 4.78 is 0. The molecule has 7 heteroatoms. The lowest BCUT2D eigenvalue weighted by atomic mass is 9.90. The summed E-state index contributed by atoms with van der Waals surface area (Å²) in [6.07, 6.45) is 7.37. The molecule has 1 aromatic rings. The molecule has 134 valence electrons. The molecule has 1 saturated carbocycles. The molecule has 1 aliphatic carbocycles. The molecule has 1 unspecified atom stereocenters. The van der Waals surface area contributed by atoms with Crippen LogP contribution in [-0.2, 0) is 4.79 Å². The van der Waals surface area contributed by atoms with E-state index in [9.17, 15) is 4.79 Å². The zero-order chi connectivity index (χ0) is 17.9. The number of hydrogen-bond donors (Lipinski definition) is 5. The molecule has 0 aromatic heterocycles. The average molecular weight is 342 g/mol. The molecule has 7 nitrogen and oxygen atoms in total. The topological polar surface area (TPSA) is 118 Å². The summed E-state index contributed by atoms with van der Waals surface area (Å²) in [5.74, 6) is -1.33. The van der Waals surface area contributed by atoms with Crippen LogP contribution in [-0.4, -0.2) is 30.0 Å². The maximum Gasteiger partial charge on any atom is 0.282 e. The van der Waals surface area contributed by atoms with Crippen LogP contribution in [0.3, 0.4) is 0 Å². The first kappa shape index (κ1) is 17.4. The molecule has 0 radical (unpaired) electrons. The summed E-state index contributed by atoms with van der Waals surface area (Å²) in [6.45, 7) is 2.03. The highest BCUT2D eigenvalue weighted by Gasteiger charge is 2.41. The number of nitrogens with two attached hydrogens (primary N) is 2. The molecule has 2 aliphatic rings. The fourth-order valence-corrected chi connectivity index (χ4v) is 3.23. The molecule has 1 aromatic carbocycles. The number of rotatable bonds is 5. The van der Waals surface area contributed by atoms with Crippen LogP contribution in [0.1, 0.15) is 31.2 Å². The van der Waals surface area contributed by atoms with E-state index >= 15 is 0 Å². The maximum absolute atomic E-state index is 12.2. The Kier molecular flexibility index (Phi) is 5.06. The standard InChI is InChI=1S/C18H26N6O/c1-12-6-8-13(9-7-12)22-16-10-11-21-18(24-16,17(20)25)23-15-5-3-2-4-14(15)19/h6-11,14-15,22-24H,2-5,19H2,1H3,(H2,20,25)/t14-,15+,18?/m0/s1. The zero-order valence-electron chi connectivity index (χ0n) is 14.5. The van der Waals surface area contributed by atoms with E-state index in [1.807, 2.05) is 31.2 Å². The van der Waals surface area contributed by atoms with Crippen LogP contribution in [0.4, 0.5) is 5.69 Å². The molecule has 7 N–H and O–H groups in total. The van der Waals surface area contributed by atoms with Crippen molar-refractivity contribution in [1.29, 1.82) is 0 Å². The highest BCUT2D eigenvalue weighted by molar-refractivity contribution is 5.89. The van der Waals surface area contributed by atoms with Crippen LogP contribution in [0.15, 0.2) is 41.2 Å². The van der Waals surface area contributed by atoms with Gasteiger partial charge in [-0.15, -0.1) is 0 Å². The van der Waals surface area contributed by atoms with E-state index in [0.29, 0.717) is 5.82 Å². The van der Waals surface area contributed by atoms with Gasteiger partial charge in [0.1, 0.15) is 5.82 Å². The Morgan fingerprint density at radius 1 is 1.28 bits per heavy atom. The Labute approximate surface area is 147 Å². The number of carbonyl (C=O) groups excluding carboxylic acids is 1. The normalized spacial score (nSPS) is 28.8. The van der Waals surface area contributed by atoms with Gasteiger partial charge in [0.05, 0.1) is 0 Å². The zero-order valence-corrected chi connectivity index (χ0v) is 14.5. The number of nitrogens with one attached hydrogen (secondary N) is 3. The van der Waals surface area contributed by atoms with Gasteiger partial charge in [-0.05, 0) is 38.0 Å². The van der Waals surface area contributed by atoms with Gasteiger partial charge in [-0.2, -0.15) is 0 Å². The number of amides is 1. The third-order valence-corrected chi connectivity index (χ3v) is 4.73. The highest BCUT2D eigenvalue weighted by Crippen LogP contribution is 2.21. The van der Waals surface area contributed by atoms with Crippen LogP contribution in [0.25, 0.3) is 0 Å². The van der Waals surface area contributed by atoms with Crippen molar-refractivity contribution in [2.45, 2.75) is 50.5 Å². The third-order valence-electron chi connectivity index (χ3n) is 4.73. The Balaban J connectivity index is 1.74. The molecule has 0 spiro atoms. The van der Waals surface area contributed by atoms with Gasteiger partial charge in [-0.3, -0.25) is 10.1 Å². The van der Waals surface area contributed by atoms with E-state index in [0.717, 1.165) is 31.4 Å². The summed E-state index contributed by atoms with van der Waals surface area (Å²) in [5, 5.41) is 9.61. The number of anilines is 1. The largest absolute Gasteiger partial charge is 0.365 e. The number of aliphatic imine (C=N–C) groups is 1. The Morgan fingerprint density at radius 3 is 2.68 bits per heavy atom. The third kappa shape index (κ3) is 4.00. The van der Waals surface area contributed by atoms with E-state index in [1.54, 1.807) is 12.3 Å². The molecule has 0 bridgehead atoms. The second-order valence-corrected chi connectivity index (χ2v) is 6.75. The number of nitrogens with zero attached hydrogens (tertiary/aromatic N) is 1. The van der Waals surface area contributed by atoms with Crippen molar-refractivity contribution in [1.82, 2.24) is 10.6 Å². The number of benzene rings is 1. The Morgan fingerprint density at radius 2 is 2.00 bits per heavy atom. The van der Waals surface area contributed by atoms with Gasteiger partial charge in [0.15, 0.2) is 0 Å². The van der Waals surface area contributed by atoms with Crippen LogP contribution in [0.5, 0.6) is 0 Å². The van der Waals surface area contributed by atoms with Gasteiger partial charge in [0.2, 0.25) is 0 Å². The van der Waals surface area contributed by atoms with E-state index in [-0.39, 0.29) is 12.1 Å². The predicted molar refractivity (Wildman–Crippen MR) is 99.8 cm³/mol. The van der Waals surface area contributed by atoms with Gasteiger partial charge in [-0.1, -0.05) is 30.5 Å². The highest BCUT2D eigenvalue weighted by atomic mass is 16.2. The number of carbonyl (C=O) groups is 1. The summed E-state index contributed by atoms with van der Waals surface area (Å²) in [4.78, 5) is 16.5. The van der Waals surface area contributed by atoms with Crippen molar-refractivity contribution < 1.29 is 4.79 Å². The molecular formula is C18H26N6O. The van der Waals surface area contributed by atoms with E-state index < -0.39 is 11.7 Å². The van der Waals surface area contributed by atoms with Crippen molar-refractivity contribution in [3.05, 3.63) is 41.7 Å². The van der Waals surface area contributed by atoms with Gasteiger partial charge in [-0.25, -0.2) is 4.99 Å². The van der Waals surface area contributed by atoms with Gasteiger partial charge >= 0.3 is 0 Å².